The number of carbonyl (C=O) groups excluding carboxylic acids is 1. The lowest BCUT2D eigenvalue weighted by molar-refractivity contribution is -0.119. The van der Waals surface area contributed by atoms with E-state index >= 15 is 0 Å². The van der Waals surface area contributed by atoms with Gasteiger partial charge in [-0.15, -0.1) is 0 Å². The molecule has 0 aromatic rings. The van der Waals surface area contributed by atoms with Gasteiger partial charge in [0.15, 0.2) is 0 Å². The molecule has 0 amide bonds. The number of Topliss-reactive ketones (excluding diaryl/α,β-unsaturated/α-hetero) is 1. The van der Waals surface area contributed by atoms with E-state index in [1.54, 1.807) is 7.05 Å². The van der Waals surface area contributed by atoms with Gasteiger partial charge in [0.25, 0.3) is 0 Å². The minimum atomic E-state index is -0.154. The number of hydrogen-bond acceptors (Lipinski definition) is 3. The van der Waals surface area contributed by atoms with Crippen LogP contribution in [-0.2, 0) is 4.79 Å². The molecule has 11 heavy (non-hydrogen) atoms. The first-order valence-electron chi connectivity index (χ1n) is 3.62. The van der Waals surface area contributed by atoms with Crippen LogP contribution in [0.4, 0.5) is 0 Å². The van der Waals surface area contributed by atoms with E-state index < -0.39 is 0 Å². The summed E-state index contributed by atoms with van der Waals surface area (Å²) >= 11 is 0. The van der Waals surface area contributed by atoms with Gasteiger partial charge in [0.05, 0.1) is 11.8 Å². The van der Waals surface area contributed by atoms with E-state index in [0.29, 0.717) is 12.8 Å². The molecule has 3 heteroatoms. The van der Waals surface area contributed by atoms with E-state index in [0.717, 1.165) is 0 Å². The third-order valence-corrected chi connectivity index (χ3v) is 1.56. The highest BCUT2D eigenvalue weighted by Gasteiger charge is 2.10. The van der Waals surface area contributed by atoms with Crippen molar-refractivity contribution in [2.24, 2.45) is 0 Å². The van der Waals surface area contributed by atoms with Gasteiger partial charge in [0.1, 0.15) is 5.78 Å². The largest absolute Gasteiger partial charge is 0.513 e. The molecule has 0 aromatic heterocycles. The van der Waals surface area contributed by atoms with Crippen molar-refractivity contribution in [1.82, 2.24) is 5.32 Å². The normalized spacial score (nSPS) is 12.5. The number of likely N-dealkylation sites (N-methyl/N-ethyl adjacent to an activating group) is 1. The summed E-state index contributed by atoms with van der Waals surface area (Å²) in [5.41, 5.74) is 0. The molecular weight excluding hydrogens is 142 g/mol. The predicted molar refractivity (Wildman–Crippen MR) is 44.5 cm³/mol. The van der Waals surface area contributed by atoms with Crippen molar-refractivity contribution in [2.75, 3.05) is 7.05 Å². The van der Waals surface area contributed by atoms with Crippen LogP contribution >= 0.6 is 0 Å². The van der Waals surface area contributed by atoms with Gasteiger partial charge in [-0.2, -0.15) is 0 Å². The molecular formula is C8H15NO2. The molecule has 0 saturated heterocycles. The van der Waals surface area contributed by atoms with Crippen molar-refractivity contribution in [1.29, 1.82) is 0 Å². The van der Waals surface area contributed by atoms with E-state index in [-0.39, 0.29) is 17.6 Å². The van der Waals surface area contributed by atoms with Gasteiger partial charge < -0.3 is 10.4 Å². The van der Waals surface area contributed by atoms with E-state index in [2.05, 4.69) is 11.9 Å². The molecule has 0 aliphatic rings. The van der Waals surface area contributed by atoms with Crippen LogP contribution in [0.15, 0.2) is 12.3 Å². The van der Waals surface area contributed by atoms with Crippen molar-refractivity contribution in [3.05, 3.63) is 12.3 Å². The van der Waals surface area contributed by atoms with Gasteiger partial charge in [0.2, 0.25) is 0 Å². The van der Waals surface area contributed by atoms with Crippen LogP contribution in [0.1, 0.15) is 19.8 Å². The average molecular weight is 157 g/mol. The van der Waals surface area contributed by atoms with Crippen LogP contribution in [-0.4, -0.2) is 24.0 Å². The molecule has 0 bridgehead atoms. The summed E-state index contributed by atoms with van der Waals surface area (Å²) in [6.45, 7) is 4.87. The van der Waals surface area contributed by atoms with Gasteiger partial charge in [-0.3, -0.25) is 4.79 Å². The Balaban J connectivity index is 3.70. The Morgan fingerprint density at radius 1 is 1.73 bits per heavy atom. The number of aliphatic hydroxyl groups is 1. The number of ketones is 1. The van der Waals surface area contributed by atoms with E-state index in [1.165, 1.54) is 6.92 Å². The Labute approximate surface area is 67.1 Å². The van der Waals surface area contributed by atoms with Crippen molar-refractivity contribution in [2.45, 2.75) is 25.8 Å². The number of nitrogens with one attached hydrogen (secondary N) is 1. The SMILES string of the molecule is C=C(O)CCC(NC)C(C)=O. The standard InChI is InChI=1S/C8H15NO2/c1-6(10)4-5-8(9-3)7(2)11/h8-10H,1,4-5H2,2-3H3. The Morgan fingerprint density at radius 2 is 2.27 bits per heavy atom. The fraction of sp³-hybridized carbons (Fsp3) is 0.625. The molecule has 0 spiro atoms. The molecule has 0 aliphatic heterocycles. The third kappa shape index (κ3) is 4.56. The smallest absolute Gasteiger partial charge is 0.146 e. The molecule has 64 valence electrons. The highest BCUT2D eigenvalue weighted by atomic mass is 16.3. The molecule has 3 nitrogen and oxygen atoms in total. The number of allylic oxidation sites excluding steroid dienone is 1. The highest BCUT2D eigenvalue weighted by Crippen LogP contribution is 2.02. The minimum Gasteiger partial charge on any atom is -0.513 e. The van der Waals surface area contributed by atoms with Gasteiger partial charge >= 0.3 is 0 Å². The number of aliphatic hydroxyl groups excluding tert-OH is 1. The Morgan fingerprint density at radius 3 is 2.55 bits per heavy atom. The summed E-state index contributed by atoms with van der Waals surface area (Å²) < 4.78 is 0. The molecule has 0 saturated carbocycles. The quantitative estimate of drug-likeness (QED) is 0.586. The molecule has 0 fully saturated rings. The molecule has 0 rings (SSSR count). The fourth-order valence-electron chi connectivity index (χ4n) is 0.862. The summed E-state index contributed by atoms with van der Waals surface area (Å²) in [5.74, 6) is 0.222. The maximum absolute atomic E-state index is 10.8. The van der Waals surface area contributed by atoms with Crippen molar-refractivity contribution in [3.8, 4) is 0 Å². The number of carbonyl (C=O) groups is 1. The number of rotatable bonds is 5. The van der Waals surface area contributed by atoms with Gasteiger partial charge in [0, 0.05) is 6.42 Å². The highest BCUT2D eigenvalue weighted by molar-refractivity contribution is 5.81. The van der Waals surface area contributed by atoms with Crippen LogP contribution in [0.25, 0.3) is 0 Å². The molecule has 2 N–H and O–H groups in total. The summed E-state index contributed by atoms with van der Waals surface area (Å²) in [5, 5.41) is 11.6. The zero-order valence-corrected chi connectivity index (χ0v) is 7.05. The first-order valence-corrected chi connectivity index (χ1v) is 3.62. The predicted octanol–water partition coefficient (Wildman–Crippen LogP) is 1.02. The lowest BCUT2D eigenvalue weighted by Gasteiger charge is -2.10. The van der Waals surface area contributed by atoms with Crippen LogP contribution in [0, 0.1) is 0 Å². The maximum Gasteiger partial charge on any atom is 0.146 e. The number of hydrogen-bond donors (Lipinski definition) is 2. The molecule has 0 heterocycles. The van der Waals surface area contributed by atoms with Crippen LogP contribution in [0.2, 0.25) is 0 Å². The van der Waals surface area contributed by atoms with E-state index in [4.69, 9.17) is 5.11 Å². The Hall–Kier alpha value is -0.830. The lowest BCUT2D eigenvalue weighted by atomic mass is 10.1. The zero-order chi connectivity index (χ0) is 8.85. The Kier molecular flexibility index (Phi) is 4.54. The monoisotopic (exact) mass is 157 g/mol. The van der Waals surface area contributed by atoms with E-state index in [1.807, 2.05) is 0 Å². The lowest BCUT2D eigenvalue weighted by Crippen LogP contribution is -2.32. The van der Waals surface area contributed by atoms with E-state index in [9.17, 15) is 4.79 Å². The third-order valence-electron chi connectivity index (χ3n) is 1.56. The minimum absolute atomic E-state index is 0.0914. The molecule has 0 aliphatic carbocycles. The van der Waals surface area contributed by atoms with Crippen LogP contribution in [0.5, 0.6) is 0 Å². The Bertz CT molecular complexity index is 154. The second-order valence-electron chi connectivity index (χ2n) is 2.56. The second-order valence-corrected chi connectivity index (χ2v) is 2.56. The average Bonchev–Trinajstić information content (AvgIpc) is 1.87. The summed E-state index contributed by atoms with van der Waals surface area (Å²) in [6.07, 6.45) is 1.09. The van der Waals surface area contributed by atoms with Crippen LogP contribution < -0.4 is 5.32 Å². The summed E-state index contributed by atoms with van der Waals surface area (Å²) in [4.78, 5) is 10.8. The fourth-order valence-corrected chi connectivity index (χ4v) is 0.862. The van der Waals surface area contributed by atoms with Crippen molar-refractivity contribution in [3.63, 3.8) is 0 Å². The van der Waals surface area contributed by atoms with Gasteiger partial charge in [-0.25, -0.2) is 0 Å². The molecule has 1 unspecified atom stereocenters. The van der Waals surface area contributed by atoms with Gasteiger partial charge in [-0.05, 0) is 20.4 Å². The zero-order valence-electron chi connectivity index (χ0n) is 7.05. The van der Waals surface area contributed by atoms with Gasteiger partial charge in [-0.1, -0.05) is 6.58 Å². The molecule has 0 radical (unpaired) electrons. The first kappa shape index (κ1) is 10.2. The van der Waals surface area contributed by atoms with Crippen molar-refractivity contribution < 1.29 is 9.90 Å². The molecule has 0 aromatic carbocycles. The van der Waals surface area contributed by atoms with Crippen LogP contribution in [0.3, 0.4) is 0 Å². The molecule has 1 atom stereocenters. The first-order chi connectivity index (χ1) is 5.07. The van der Waals surface area contributed by atoms with Crippen molar-refractivity contribution >= 4 is 5.78 Å². The summed E-state index contributed by atoms with van der Waals surface area (Å²) in [6, 6.07) is -0.154. The summed E-state index contributed by atoms with van der Waals surface area (Å²) in [7, 11) is 1.73. The second kappa shape index (κ2) is 4.91. The topological polar surface area (TPSA) is 49.3 Å². The maximum atomic E-state index is 10.8.